The number of benzene rings is 2. The Morgan fingerprint density at radius 2 is 1.88 bits per heavy atom. The maximum Gasteiger partial charge on any atom is 0.433 e. The summed E-state index contributed by atoms with van der Waals surface area (Å²) in [5.41, 5.74) is 2.18. The van der Waals surface area contributed by atoms with Gasteiger partial charge in [-0.3, -0.25) is 4.79 Å². The van der Waals surface area contributed by atoms with Crippen molar-refractivity contribution in [3.8, 4) is 5.95 Å². The maximum atomic E-state index is 13.6. The third-order valence-electron chi connectivity index (χ3n) is 7.23. The molecule has 0 saturated heterocycles. The first kappa shape index (κ1) is 28.8. The van der Waals surface area contributed by atoms with Gasteiger partial charge in [0.15, 0.2) is 5.69 Å². The van der Waals surface area contributed by atoms with Crippen LogP contribution in [0.4, 0.5) is 13.2 Å². The minimum atomic E-state index is -4.67. The summed E-state index contributed by atoms with van der Waals surface area (Å²) in [4.78, 5) is 21.5. The van der Waals surface area contributed by atoms with Crippen molar-refractivity contribution in [3.63, 3.8) is 0 Å². The average molecular weight is 584 g/mol. The number of fused-ring (bicyclic) bond motifs is 1. The Kier molecular flexibility index (Phi) is 8.70. The third-order valence-corrected chi connectivity index (χ3v) is 7.46. The van der Waals surface area contributed by atoms with E-state index in [1.54, 1.807) is 6.07 Å². The van der Waals surface area contributed by atoms with Crippen LogP contribution in [0.1, 0.15) is 63.7 Å². The predicted octanol–water partition coefficient (Wildman–Crippen LogP) is 5.72. The number of rotatable bonds is 8. The number of hydrogen-bond acceptors (Lipinski definition) is 5. The zero-order chi connectivity index (χ0) is 29.0. The number of aliphatic hydroxyl groups excluding tert-OH is 1. The maximum absolute atomic E-state index is 13.6. The van der Waals surface area contributed by atoms with E-state index in [1.165, 1.54) is 4.68 Å². The lowest BCUT2D eigenvalue weighted by Gasteiger charge is -2.18. The number of nitrogens with one attached hydrogen (secondary N) is 1. The minimum absolute atomic E-state index is 0.102. The molecule has 0 radical (unpaired) electrons. The van der Waals surface area contributed by atoms with Gasteiger partial charge >= 0.3 is 6.18 Å². The van der Waals surface area contributed by atoms with Gasteiger partial charge < -0.3 is 10.4 Å². The Bertz CT molecular complexity index is 1510. The summed E-state index contributed by atoms with van der Waals surface area (Å²) in [6, 6.07) is 17.1. The lowest BCUT2D eigenvalue weighted by atomic mass is 9.91. The molecule has 0 fully saturated rings. The largest absolute Gasteiger partial charge is 0.433 e. The number of amides is 1. The van der Waals surface area contributed by atoms with Crippen molar-refractivity contribution in [3.05, 3.63) is 106 Å². The van der Waals surface area contributed by atoms with Crippen molar-refractivity contribution in [2.75, 3.05) is 6.61 Å². The van der Waals surface area contributed by atoms with Crippen LogP contribution in [-0.4, -0.2) is 43.4 Å². The van der Waals surface area contributed by atoms with Crippen LogP contribution >= 0.6 is 11.6 Å². The van der Waals surface area contributed by atoms with Crippen molar-refractivity contribution < 1.29 is 23.1 Å². The summed E-state index contributed by atoms with van der Waals surface area (Å²) >= 11 is 6.23. The molecule has 2 heterocycles. The van der Waals surface area contributed by atoms with Gasteiger partial charge in [0.05, 0.1) is 18.3 Å². The molecule has 0 spiro atoms. The molecule has 0 bridgehead atoms. The molecular weight excluding hydrogens is 555 g/mol. The van der Waals surface area contributed by atoms with E-state index in [2.05, 4.69) is 20.4 Å². The molecule has 41 heavy (non-hydrogen) atoms. The molecular formula is C30H29ClF3N5O2. The molecule has 2 aromatic heterocycles. The Morgan fingerprint density at radius 3 is 2.61 bits per heavy atom. The summed E-state index contributed by atoms with van der Waals surface area (Å²) in [5, 5.41) is 18.0. The molecule has 2 N–H and O–H groups in total. The number of aliphatic hydroxyl groups is 1. The van der Waals surface area contributed by atoms with E-state index in [0.717, 1.165) is 42.7 Å². The molecule has 5 rings (SSSR count). The SMILES string of the molecule is O=C(N[C@@H](CO)Cc1ccccc1)c1nn(-c2nccc(C(F)(F)F)n2)c2c1CCCCC2Cc1cccc(Cl)c1. The standard InChI is InChI=1S/C30H29ClF3N5O2/c31-22-11-6-9-20(16-22)15-21-10-4-5-12-24-26(28(41)36-23(18-40)17-19-7-2-1-3-8-19)38-39(27(21)24)29-35-14-13-25(37-29)30(32,33)34/h1-3,6-9,11,13-14,16,21,23,40H,4-5,10,12,15,17-18H2,(H,36,41)/t21?,23-/m1/s1. The van der Waals surface area contributed by atoms with Gasteiger partial charge in [-0.2, -0.15) is 18.3 Å². The Hall–Kier alpha value is -3.76. The van der Waals surface area contributed by atoms with E-state index in [4.69, 9.17) is 11.6 Å². The van der Waals surface area contributed by atoms with Crippen LogP contribution in [-0.2, 0) is 25.4 Å². The highest BCUT2D eigenvalue weighted by Gasteiger charge is 2.35. The van der Waals surface area contributed by atoms with Crippen LogP contribution in [0.2, 0.25) is 5.02 Å². The summed E-state index contributed by atoms with van der Waals surface area (Å²) in [6.07, 6.45) is 0.216. The van der Waals surface area contributed by atoms with E-state index in [1.807, 2.05) is 48.5 Å². The number of aromatic nitrogens is 4. The first-order valence-corrected chi connectivity index (χ1v) is 13.8. The highest BCUT2D eigenvalue weighted by atomic mass is 35.5. The van der Waals surface area contributed by atoms with Crippen molar-refractivity contribution >= 4 is 17.5 Å². The second-order valence-electron chi connectivity index (χ2n) is 10.2. The highest BCUT2D eigenvalue weighted by molar-refractivity contribution is 6.30. The van der Waals surface area contributed by atoms with Crippen molar-refractivity contribution in [2.24, 2.45) is 0 Å². The smallest absolute Gasteiger partial charge is 0.394 e. The minimum Gasteiger partial charge on any atom is -0.394 e. The van der Waals surface area contributed by atoms with Crippen LogP contribution in [0.25, 0.3) is 5.95 Å². The van der Waals surface area contributed by atoms with Crippen molar-refractivity contribution in [1.29, 1.82) is 0 Å². The monoisotopic (exact) mass is 583 g/mol. The molecule has 4 aromatic rings. The average Bonchev–Trinajstić information content (AvgIpc) is 3.22. The molecule has 0 saturated carbocycles. The van der Waals surface area contributed by atoms with Gasteiger partial charge in [-0.1, -0.05) is 60.5 Å². The van der Waals surface area contributed by atoms with Crippen LogP contribution in [0.15, 0.2) is 66.9 Å². The van der Waals surface area contributed by atoms with Crippen LogP contribution in [0, 0.1) is 0 Å². The number of carbonyl (C=O) groups is 1. The second kappa shape index (κ2) is 12.4. The van der Waals surface area contributed by atoms with Gasteiger partial charge in [0.1, 0.15) is 5.69 Å². The molecule has 0 aliphatic heterocycles. The second-order valence-corrected chi connectivity index (χ2v) is 10.6. The number of nitrogens with zero attached hydrogens (tertiary/aromatic N) is 4. The van der Waals surface area contributed by atoms with E-state index < -0.39 is 23.8 Å². The molecule has 11 heteroatoms. The van der Waals surface area contributed by atoms with E-state index in [0.29, 0.717) is 35.5 Å². The van der Waals surface area contributed by atoms with Gasteiger partial charge in [-0.25, -0.2) is 14.6 Å². The number of hydrogen-bond donors (Lipinski definition) is 2. The van der Waals surface area contributed by atoms with E-state index in [9.17, 15) is 23.1 Å². The topological polar surface area (TPSA) is 92.9 Å². The van der Waals surface area contributed by atoms with E-state index >= 15 is 0 Å². The normalized spacial score (nSPS) is 16.1. The molecule has 1 unspecified atom stereocenters. The fourth-order valence-corrected chi connectivity index (χ4v) is 5.58. The Morgan fingerprint density at radius 1 is 1.10 bits per heavy atom. The van der Waals surface area contributed by atoms with E-state index in [-0.39, 0.29) is 24.2 Å². The van der Waals surface area contributed by atoms with Crippen LogP contribution < -0.4 is 5.32 Å². The first-order valence-electron chi connectivity index (χ1n) is 13.5. The Labute approximate surface area is 240 Å². The lowest BCUT2D eigenvalue weighted by molar-refractivity contribution is -0.141. The van der Waals surface area contributed by atoms with Crippen LogP contribution in [0.5, 0.6) is 0 Å². The molecule has 7 nitrogen and oxygen atoms in total. The van der Waals surface area contributed by atoms with Gasteiger partial charge in [0, 0.05) is 22.7 Å². The summed E-state index contributed by atoms with van der Waals surface area (Å²) in [5.74, 6) is -0.933. The quantitative estimate of drug-likeness (QED) is 0.259. The van der Waals surface area contributed by atoms with Crippen LogP contribution in [0.3, 0.4) is 0 Å². The fourth-order valence-electron chi connectivity index (χ4n) is 5.36. The lowest BCUT2D eigenvalue weighted by Crippen LogP contribution is -2.39. The zero-order valence-corrected chi connectivity index (χ0v) is 22.9. The predicted molar refractivity (Wildman–Crippen MR) is 148 cm³/mol. The van der Waals surface area contributed by atoms with Gasteiger partial charge in [-0.15, -0.1) is 0 Å². The highest BCUT2D eigenvalue weighted by Crippen LogP contribution is 2.37. The molecule has 214 valence electrons. The zero-order valence-electron chi connectivity index (χ0n) is 22.1. The summed E-state index contributed by atoms with van der Waals surface area (Å²) < 4.78 is 42.0. The molecule has 1 aliphatic rings. The molecule has 2 atom stereocenters. The Balaban J connectivity index is 1.57. The fraction of sp³-hybridized carbons (Fsp3) is 0.333. The third kappa shape index (κ3) is 6.77. The molecule has 1 aliphatic carbocycles. The number of alkyl halides is 3. The van der Waals surface area contributed by atoms with Gasteiger partial charge in [-0.05, 0) is 61.4 Å². The van der Waals surface area contributed by atoms with Gasteiger partial charge in [0.2, 0.25) is 0 Å². The number of halogens is 4. The molecule has 1 amide bonds. The first-order chi connectivity index (χ1) is 19.7. The van der Waals surface area contributed by atoms with Crippen molar-refractivity contribution in [2.45, 2.75) is 56.7 Å². The molecule has 2 aromatic carbocycles. The summed E-state index contributed by atoms with van der Waals surface area (Å²) in [7, 11) is 0. The van der Waals surface area contributed by atoms with Crippen molar-refractivity contribution in [1.82, 2.24) is 25.1 Å². The van der Waals surface area contributed by atoms with Gasteiger partial charge in [0.25, 0.3) is 11.9 Å². The summed E-state index contributed by atoms with van der Waals surface area (Å²) in [6.45, 7) is -0.294. The number of carbonyl (C=O) groups excluding carboxylic acids is 1.